The molecule has 1 aromatic carbocycles. The third-order valence-electron chi connectivity index (χ3n) is 2.05. The van der Waals surface area contributed by atoms with E-state index in [9.17, 15) is 9.59 Å². The maximum Gasteiger partial charge on any atom is 0.332 e. The van der Waals surface area contributed by atoms with Crippen molar-refractivity contribution in [3.05, 3.63) is 23.3 Å². The summed E-state index contributed by atoms with van der Waals surface area (Å²) in [5, 5.41) is 7.15. The van der Waals surface area contributed by atoms with E-state index in [-0.39, 0.29) is 0 Å². The molecule has 0 aliphatic heterocycles. The topological polar surface area (TPSA) is 187 Å². The number of benzene rings is 1. The Morgan fingerprint density at radius 3 is 1.65 bits per heavy atom. The summed E-state index contributed by atoms with van der Waals surface area (Å²) in [6, 6.07) is 1.44. The van der Waals surface area contributed by atoms with E-state index in [0.717, 1.165) is 0 Å². The van der Waals surface area contributed by atoms with Gasteiger partial charge in [0.25, 0.3) is 0 Å². The van der Waals surface area contributed by atoms with Crippen molar-refractivity contribution in [2.45, 2.75) is 0 Å². The molecule has 0 aromatic heterocycles. The highest BCUT2D eigenvalue weighted by molar-refractivity contribution is 5.96. The zero-order chi connectivity index (χ0) is 15.1. The van der Waals surface area contributed by atoms with Crippen molar-refractivity contribution in [3.8, 4) is 0 Å². The van der Waals surface area contributed by atoms with Crippen molar-refractivity contribution in [1.82, 2.24) is 10.9 Å². The van der Waals surface area contributed by atoms with Gasteiger partial charge in [0.1, 0.15) is 0 Å². The van der Waals surface area contributed by atoms with Crippen LogP contribution in [0.1, 0.15) is 11.1 Å². The number of nitrogen functional groups attached to an aromatic ring is 2. The molecule has 1 rings (SSSR count). The van der Waals surface area contributed by atoms with E-state index in [0.29, 0.717) is 22.5 Å². The van der Waals surface area contributed by atoms with Crippen LogP contribution in [0.3, 0.4) is 0 Å². The minimum Gasteiger partial charge on any atom is -0.398 e. The molecule has 0 saturated heterocycles. The first-order valence-electron chi connectivity index (χ1n) is 5.26. The second-order valence-electron chi connectivity index (χ2n) is 3.58. The SMILES string of the molecule is NC(=O)NN=Cc1cc(C=NNC(N)=O)c(N)cc1N. The molecule has 4 amide bonds. The Morgan fingerprint density at radius 1 is 0.900 bits per heavy atom. The third-order valence-corrected chi connectivity index (χ3v) is 2.05. The fourth-order valence-corrected chi connectivity index (χ4v) is 1.22. The number of amides is 4. The number of rotatable bonds is 4. The van der Waals surface area contributed by atoms with Crippen LogP contribution in [0.15, 0.2) is 22.3 Å². The number of urea groups is 2. The van der Waals surface area contributed by atoms with Crippen LogP contribution in [0.4, 0.5) is 21.0 Å². The van der Waals surface area contributed by atoms with E-state index >= 15 is 0 Å². The summed E-state index contributed by atoms with van der Waals surface area (Å²) < 4.78 is 0. The van der Waals surface area contributed by atoms with Gasteiger partial charge in [-0.25, -0.2) is 20.4 Å². The normalized spacial score (nSPS) is 10.8. The van der Waals surface area contributed by atoms with Gasteiger partial charge in [0, 0.05) is 22.5 Å². The minimum absolute atomic E-state index is 0.345. The number of carbonyl (C=O) groups excluding carboxylic acids is 2. The number of hydrogen-bond donors (Lipinski definition) is 6. The molecule has 0 aliphatic rings. The fraction of sp³-hybridized carbons (Fsp3) is 0. The summed E-state index contributed by atoms with van der Waals surface area (Å²) in [6.45, 7) is 0. The zero-order valence-corrected chi connectivity index (χ0v) is 10.3. The highest BCUT2D eigenvalue weighted by Gasteiger charge is 2.03. The molecular weight excluding hydrogens is 264 g/mol. The molecule has 0 radical (unpaired) electrons. The molecule has 0 heterocycles. The smallest absolute Gasteiger partial charge is 0.332 e. The molecular formula is C10H14N8O2. The molecule has 0 saturated carbocycles. The van der Waals surface area contributed by atoms with Gasteiger partial charge in [-0.1, -0.05) is 0 Å². The molecule has 0 atom stereocenters. The van der Waals surface area contributed by atoms with Crippen LogP contribution in [0.5, 0.6) is 0 Å². The summed E-state index contributed by atoms with van der Waals surface area (Å²) in [5.41, 5.74) is 26.9. The first-order valence-corrected chi connectivity index (χ1v) is 5.26. The predicted octanol–water partition coefficient (Wildman–Crippen LogP) is -1.14. The monoisotopic (exact) mass is 278 g/mol. The van der Waals surface area contributed by atoms with Gasteiger partial charge in [-0.05, 0) is 12.1 Å². The standard InChI is InChI=1S/C10H14N8O2/c11-7-2-8(12)6(4-16-18-10(14)20)1-5(7)3-15-17-9(13)19/h1-4H,11-12H2,(H3,13,17,19)(H3,14,18,20). The molecule has 10 heteroatoms. The van der Waals surface area contributed by atoms with Crippen LogP contribution in [-0.2, 0) is 0 Å². The van der Waals surface area contributed by atoms with Gasteiger partial charge in [0.2, 0.25) is 0 Å². The highest BCUT2D eigenvalue weighted by atomic mass is 16.2. The Bertz CT molecular complexity index is 534. The molecule has 1 aromatic rings. The molecule has 0 fully saturated rings. The lowest BCUT2D eigenvalue weighted by atomic mass is 10.1. The number of hydrogen-bond acceptors (Lipinski definition) is 6. The summed E-state index contributed by atoms with van der Waals surface area (Å²) in [5.74, 6) is 0. The maximum atomic E-state index is 10.5. The van der Waals surface area contributed by atoms with E-state index in [4.69, 9.17) is 22.9 Å². The number of carbonyl (C=O) groups is 2. The van der Waals surface area contributed by atoms with Crippen LogP contribution < -0.4 is 33.8 Å². The highest BCUT2D eigenvalue weighted by Crippen LogP contribution is 2.18. The van der Waals surface area contributed by atoms with Crippen molar-refractivity contribution in [3.63, 3.8) is 0 Å². The molecule has 0 spiro atoms. The Hall–Kier alpha value is -3.30. The zero-order valence-electron chi connectivity index (χ0n) is 10.3. The number of primary amides is 2. The summed E-state index contributed by atoms with van der Waals surface area (Å²) in [7, 11) is 0. The van der Waals surface area contributed by atoms with Crippen molar-refractivity contribution in [2.75, 3.05) is 11.5 Å². The average molecular weight is 278 g/mol. The first-order chi connectivity index (χ1) is 9.40. The van der Waals surface area contributed by atoms with E-state index in [1.807, 2.05) is 10.9 Å². The van der Waals surface area contributed by atoms with Crippen LogP contribution in [0.2, 0.25) is 0 Å². The Labute approximate surface area is 113 Å². The van der Waals surface area contributed by atoms with Crippen molar-refractivity contribution in [2.24, 2.45) is 21.7 Å². The average Bonchev–Trinajstić information content (AvgIpc) is 2.33. The van der Waals surface area contributed by atoms with Crippen molar-refractivity contribution in [1.29, 1.82) is 0 Å². The largest absolute Gasteiger partial charge is 0.398 e. The summed E-state index contributed by atoms with van der Waals surface area (Å²) in [6.07, 6.45) is 2.58. The predicted molar refractivity (Wildman–Crippen MR) is 75.9 cm³/mol. The van der Waals surface area contributed by atoms with Gasteiger partial charge >= 0.3 is 12.1 Å². The van der Waals surface area contributed by atoms with Crippen molar-refractivity contribution < 1.29 is 9.59 Å². The molecule has 0 unspecified atom stereocenters. The van der Waals surface area contributed by atoms with E-state index < -0.39 is 12.1 Å². The molecule has 10 N–H and O–H groups in total. The maximum absolute atomic E-state index is 10.5. The van der Waals surface area contributed by atoms with E-state index in [1.54, 1.807) is 6.07 Å². The number of nitrogens with one attached hydrogen (secondary N) is 2. The number of nitrogens with zero attached hydrogens (tertiary/aromatic N) is 2. The fourth-order valence-electron chi connectivity index (χ4n) is 1.22. The summed E-state index contributed by atoms with van der Waals surface area (Å²) in [4.78, 5) is 20.9. The lowest BCUT2D eigenvalue weighted by Gasteiger charge is -2.05. The van der Waals surface area contributed by atoms with E-state index in [1.165, 1.54) is 18.5 Å². The lowest BCUT2D eigenvalue weighted by molar-refractivity contribution is 0.248. The molecule has 10 nitrogen and oxygen atoms in total. The quantitative estimate of drug-likeness (QED) is 0.231. The van der Waals surface area contributed by atoms with Crippen LogP contribution in [0, 0.1) is 0 Å². The Kier molecular flexibility index (Phi) is 4.86. The second-order valence-corrected chi connectivity index (χ2v) is 3.58. The van der Waals surface area contributed by atoms with Gasteiger partial charge in [0.05, 0.1) is 12.4 Å². The van der Waals surface area contributed by atoms with E-state index in [2.05, 4.69) is 10.2 Å². The number of hydrazone groups is 2. The minimum atomic E-state index is -0.803. The Morgan fingerprint density at radius 2 is 1.30 bits per heavy atom. The van der Waals surface area contributed by atoms with Crippen LogP contribution in [-0.4, -0.2) is 24.5 Å². The summed E-state index contributed by atoms with van der Waals surface area (Å²) >= 11 is 0. The van der Waals surface area contributed by atoms with Crippen LogP contribution in [0.25, 0.3) is 0 Å². The third kappa shape index (κ3) is 4.52. The van der Waals surface area contributed by atoms with Gasteiger partial charge < -0.3 is 22.9 Å². The molecule has 106 valence electrons. The van der Waals surface area contributed by atoms with Gasteiger partial charge in [-0.3, -0.25) is 0 Å². The van der Waals surface area contributed by atoms with Gasteiger partial charge in [0.15, 0.2) is 0 Å². The molecule has 20 heavy (non-hydrogen) atoms. The molecule has 0 bridgehead atoms. The lowest BCUT2D eigenvalue weighted by Crippen LogP contribution is -2.24. The number of nitrogens with two attached hydrogens (primary N) is 4. The van der Waals surface area contributed by atoms with Gasteiger partial charge in [-0.2, -0.15) is 10.2 Å². The van der Waals surface area contributed by atoms with Crippen molar-refractivity contribution >= 4 is 35.9 Å². The van der Waals surface area contributed by atoms with Crippen LogP contribution >= 0.6 is 0 Å². The molecule has 0 aliphatic carbocycles. The van der Waals surface area contributed by atoms with Gasteiger partial charge in [-0.15, -0.1) is 0 Å². The number of anilines is 2. The Balaban J connectivity index is 2.97. The second kappa shape index (κ2) is 6.58. The first kappa shape index (κ1) is 14.8.